The maximum absolute atomic E-state index is 13.2. The molecule has 3 aromatic carbocycles. The van der Waals surface area contributed by atoms with Crippen LogP contribution < -0.4 is 5.32 Å². The summed E-state index contributed by atoms with van der Waals surface area (Å²) in [6.07, 6.45) is -4.30. The van der Waals surface area contributed by atoms with Gasteiger partial charge < -0.3 is 10.4 Å². The Hall–Kier alpha value is -3.17. The van der Waals surface area contributed by atoms with E-state index in [0.29, 0.717) is 12.0 Å². The third kappa shape index (κ3) is 6.03. The maximum Gasteiger partial charge on any atom is 0.416 e. The van der Waals surface area contributed by atoms with E-state index in [9.17, 15) is 31.5 Å². The zero-order valence-electron chi connectivity index (χ0n) is 18.6. The largest absolute Gasteiger partial charge is 0.416 e. The van der Waals surface area contributed by atoms with Crippen LogP contribution in [0.1, 0.15) is 29.2 Å². The number of hydrogen-bond acceptors (Lipinski definition) is 4. The van der Waals surface area contributed by atoms with Crippen molar-refractivity contribution in [3.05, 3.63) is 95.1 Å². The Kier molecular flexibility index (Phi) is 7.18. The SMILES string of the molecule is Cc1ccc(NC(=O)C(C)(O)CS(=O)(=O)c2ccccc2Cc2ccccc2)cc1C(F)(F)F. The fourth-order valence-electron chi connectivity index (χ4n) is 3.55. The second kappa shape index (κ2) is 9.60. The second-order valence-corrected chi connectivity index (χ2v) is 10.2. The van der Waals surface area contributed by atoms with Crippen LogP contribution in [0, 0.1) is 6.92 Å². The van der Waals surface area contributed by atoms with Crippen LogP contribution in [0.25, 0.3) is 0 Å². The highest BCUT2D eigenvalue weighted by atomic mass is 32.2. The minimum atomic E-state index is -4.63. The minimum absolute atomic E-state index is 0.0263. The van der Waals surface area contributed by atoms with Gasteiger partial charge in [0.05, 0.1) is 16.2 Å². The van der Waals surface area contributed by atoms with E-state index in [1.165, 1.54) is 25.1 Å². The molecule has 0 saturated carbocycles. The normalized spacial score (nSPS) is 13.8. The lowest BCUT2D eigenvalue weighted by Gasteiger charge is -2.23. The van der Waals surface area contributed by atoms with Crippen LogP contribution in [-0.4, -0.2) is 30.8 Å². The van der Waals surface area contributed by atoms with Gasteiger partial charge in [-0.3, -0.25) is 4.79 Å². The van der Waals surface area contributed by atoms with E-state index in [2.05, 4.69) is 5.32 Å². The van der Waals surface area contributed by atoms with Crippen LogP contribution in [-0.2, 0) is 27.2 Å². The molecule has 9 heteroatoms. The van der Waals surface area contributed by atoms with Crippen molar-refractivity contribution in [2.24, 2.45) is 0 Å². The molecular formula is C25H24F3NO4S. The quantitative estimate of drug-likeness (QED) is 0.499. The topological polar surface area (TPSA) is 83.5 Å². The first kappa shape index (κ1) is 25.5. The van der Waals surface area contributed by atoms with Crippen molar-refractivity contribution >= 4 is 21.4 Å². The summed E-state index contributed by atoms with van der Waals surface area (Å²) < 4.78 is 65.8. The van der Waals surface area contributed by atoms with Gasteiger partial charge in [0, 0.05) is 5.69 Å². The van der Waals surface area contributed by atoms with Crippen LogP contribution in [0.4, 0.5) is 18.9 Å². The number of rotatable bonds is 7. The van der Waals surface area contributed by atoms with Gasteiger partial charge in [-0.05, 0) is 55.2 Å². The van der Waals surface area contributed by atoms with Crippen LogP contribution in [0.5, 0.6) is 0 Å². The Balaban J connectivity index is 1.83. The number of sulfone groups is 1. The second-order valence-electron chi connectivity index (χ2n) is 8.28. The molecule has 1 amide bonds. The van der Waals surface area contributed by atoms with Crippen molar-refractivity contribution < 1.29 is 31.5 Å². The van der Waals surface area contributed by atoms with Crippen LogP contribution >= 0.6 is 0 Å². The van der Waals surface area contributed by atoms with Gasteiger partial charge in [-0.2, -0.15) is 13.2 Å². The highest BCUT2D eigenvalue weighted by Crippen LogP contribution is 2.33. The summed E-state index contributed by atoms with van der Waals surface area (Å²) in [6, 6.07) is 18.7. The molecule has 3 aromatic rings. The van der Waals surface area contributed by atoms with E-state index in [1.807, 2.05) is 30.3 Å². The average Bonchev–Trinajstić information content (AvgIpc) is 2.74. The smallest absolute Gasteiger partial charge is 0.379 e. The van der Waals surface area contributed by atoms with Crippen LogP contribution in [0.15, 0.2) is 77.7 Å². The number of aliphatic hydroxyl groups is 1. The molecule has 3 rings (SSSR count). The number of amides is 1. The van der Waals surface area contributed by atoms with E-state index in [-0.39, 0.29) is 16.1 Å². The molecule has 0 bridgehead atoms. The van der Waals surface area contributed by atoms with Crippen LogP contribution in [0.3, 0.4) is 0 Å². The van der Waals surface area contributed by atoms with E-state index < -0.39 is 38.8 Å². The summed E-state index contributed by atoms with van der Waals surface area (Å²) in [7, 11) is -4.13. The van der Waals surface area contributed by atoms with Crippen molar-refractivity contribution in [2.45, 2.75) is 36.9 Å². The molecular weight excluding hydrogens is 467 g/mol. The fourth-order valence-corrected chi connectivity index (χ4v) is 5.41. The third-order valence-electron chi connectivity index (χ3n) is 5.31. The molecule has 1 atom stereocenters. The first-order chi connectivity index (χ1) is 15.8. The summed E-state index contributed by atoms with van der Waals surface area (Å²) in [4.78, 5) is 12.6. The predicted octanol–water partition coefficient (Wildman–Crippen LogP) is 4.77. The van der Waals surface area contributed by atoms with Gasteiger partial charge in [0.15, 0.2) is 15.4 Å². The lowest BCUT2D eigenvalue weighted by molar-refractivity contribution is -0.138. The molecule has 0 aliphatic heterocycles. The summed E-state index contributed by atoms with van der Waals surface area (Å²) in [6.45, 7) is 2.29. The number of carbonyl (C=O) groups is 1. The first-order valence-electron chi connectivity index (χ1n) is 10.4. The molecule has 0 aromatic heterocycles. The van der Waals surface area contributed by atoms with Crippen molar-refractivity contribution in [3.8, 4) is 0 Å². The third-order valence-corrected chi connectivity index (χ3v) is 7.32. The first-order valence-corrected chi connectivity index (χ1v) is 12.0. The van der Waals surface area contributed by atoms with Gasteiger partial charge in [-0.25, -0.2) is 8.42 Å². The van der Waals surface area contributed by atoms with Gasteiger partial charge in [0.25, 0.3) is 5.91 Å². The Bertz CT molecular complexity index is 1290. The van der Waals surface area contributed by atoms with Gasteiger partial charge in [-0.15, -0.1) is 0 Å². The zero-order valence-corrected chi connectivity index (χ0v) is 19.4. The molecule has 34 heavy (non-hydrogen) atoms. The Morgan fingerprint density at radius 3 is 2.24 bits per heavy atom. The number of benzene rings is 3. The van der Waals surface area contributed by atoms with Crippen LogP contribution in [0.2, 0.25) is 0 Å². The summed E-state index contributed by atoms with van der Waals surface area (Å²) in [5, 5.41) is 12.9. The van der Waals surface area contributed by atoms with Gasteiger partial charge in [-0.1, -0.05) is 54.6 Å². The Labute approximate surface area is 196 Å². The number of aryl methyl sites for hydroxylation is 1. The summed E-state index contributed by atoms with van der Waals surface area (Å²) in [5.41, 5.74) is -2.19. The molecule has 5 nitrogen and oxygen atoms in total. The minimum Gasteiger partial charge on any atom is -0.379 e. The van der Waals surface area contributed by atoms with E-state index in [0.717, 1.165) is 18.6 Å². The molecule has 0 spiro atoms. The number of nitrogens with one attached hydrogen (secondary N) is 1. The Morgan fingerprint density at radius 1 is 0.971 bits per heavy atom. The molecule has 0 saturated heterocycles. The number of carbonyl (C=O) groups excluding carboxylic acids is 1. The number of alkyl halides is 3. The molecule has 180 valence electrons. The Morgan fingerprint density at radius 2 is 1.59 bits per heavy atom. The summed E-state index contributed by atoms with van der Waals surface area (Å²) >= 11 is 0. The van der Waals surface area contributed by atoms with Crippen molar-refractivity contribution in [1.82, 2.24) is 0 Å². The molecule has 0 fully saturated rings. The highest BCUT2D eigenvalue weighted by molar-refractivity contribution is 7.91. The fraction of sp³-hybridized carbons (Fsp3) is 0.240. The van der Waals surface area contributed by atoms with Crippen molar-refractivity contribution in [2.75, 3.05) is 11.1 Å². The maximum atomic E-state index is 13.2. The van der Waals surface area contributed by atoms with E-state index >= 15 is 0 Å². The van der Waals surface area contributed by atoms with E-state index in [1.54, 1.807) is 18.2 Å². The molecule has 0 aliphatic carbocycles. The number of hydrogen-bond donors (Lipinski definition) is 2. The monoisotopic (exact) mass is 491 g/mol. The number of halogens is 3. The van der Waals surface area contributed by atoms with Crippen molar-refractivity contribution in [3.63, 3.8) is 0 Å². The lowest BCUT2D eigenvalue weighted by Crippen LogP contribution is -2.46. The standard InChI is InChI=1S/C25H24F3NO4S/c1-17-12-13-20(15-21(17)25(26,27)28)29-23(30)24(2,31)16-34(32,33)22-11-7-6-10-19(22)14-18-8-4-3-5-9-18/h3-13,15,31H,14,16H2,1-2H3,(H,29,30). The highest BCUT2D eigenvalue weighted by Gasteiger charge is 2.38. The van der Waals surface area contributed by atoms with Gasteiger partial charge in [0.2, 0.25) is 0 Å². The predicted molar refractivity (Wildman–Crippen MR) is 123 cm³/mol. The molecule has 2 N–H and O–H groups in total. The molecule has 1 unspecified atom stereocenters. The molecule has 0 aliphatic rings. The van der Waals surface area contributed by atoms with Gasteiger partial charge >= 0.3 is 6.18 Å². The van der Waals surface area contributed by atoms with Gasteiger partial charge in [0.1, 0.15) is 0 Å². The summed E-state index contributed by atoms with van der Waals surface area (Å²) in [5.74, 6) is -2.08. The average molecular weight is 492 g/mol. The lowest BCUT2D eigenvalue weighted by atomic mass is 10.1. The molecule has 0 radical (unpaired) electrons. The number of anilines is 1. The van der Waals surface area contributed by atoms with E-state index in [4.69, 9.17) is 0 Å². The zero-order chi connectivity index (χ0) is 25.1. The van der Waals surface area contributed by atoms with Crippen molar-refractivity contribution in [1.29, 1.82) is 0 Å². The molecule has 0 heterocycles.